The smallest absolute Gasteiger partial charge is 0.325 e. The number of esters is 3. The van der Waals surface area contributed by atoms with Crippen LogP contribution in [0.15, 0.2) is 77.8 Å². The Kier molecular flexibility index (Phi) is 34.2. The van der Waals surface area contributed by atoms with Gasteiger partial charge in [-0.15, -0.1) is 0 Å². The number of halogens is 12. The van der Waals surface area contributed by atoms with E-state index in [0.717, 1.165) is 34.0 Å². The van der Waals surface area contributed by atoms with Crippen molar-refractivity contribution in [1.82, 2.24) is 15.1 Å². The highest BCUT2D eigenvalue weighted by Crippen LogP contribution is 2.39. The number of carbonyl (C=O) groups excluding carboxylic acids is 4. The first-order valence-electron chi connectivity index (χ1n) is 28.4. The Labute approximate surface area is 615 Å². The van der Waals surface area contributed by atoms with Gasteiger partial charge in [-0.1, -0.05) is 145 Å². The Hall–Kier alpha value is -6.93. The van der Waals surface area contributed by atoms with Gasteiger partial charge >= 0.3 is 17.9 Å². The van der Waals surface area contributed by atoms with Gasteiger partial charge in [0, 0.05) is 67.4 Å². The van der Waals surface area contributed by atoms with Gasteiger partial charge in [-0.25, -0.2) is 4.99 Å². The Morgan fingerprint density at radius 2 is 1.02 bits per heavy atom. The fourth-order valence-corrected chi connectivity index (χ4v) is 11.3. The lowest BCUT2D eigenvalue weighted by atomic mass is 9.99. The molecule has 6 N–H and O–H groups in total. The van der Waals surface area contributed by atoms with Crippen LogP contribution in [0.4, 0.5) is 28.4 Å². The first kappa shape index (κ1) is 82.5. The fourth-order valence-electron chi connectivity index (χ4n) is 8.81. The van der Waals surface area contributed by atoms with Crippen LogP contribution in [0.2, 0.25) is 60.3 Å². The molecule has 1 saturated heterocycles. The molecule has 3 heterocycles. The highest BCUT2D eigenvalue weighted by Gasteiger charge is 2.31. The molecule has 1 fully saturated rings. The number of nitro groups is 3. The number of nitrogens with one attached hydrogen (secondary N) is 2. The van der Waals surface area contributed by atoms with E-state index in [4.69, 9.17) is 176 Å². The summed E-state index contributed by atoms with van der Waals surface area (Å²) in [6.45, 7) is 7.66. The summed E-state index contributed by atoms with van der Waals surface area (Å²) in [5.41, 5.74) is 15.9. The molecule has 97 heavy (non-hydrogen) atoms. The van der Waals surface area contributed by atoms with Crippen LogP contribution < -0.4 is 16.8 Å². The minimum Gasteiger partial charge on any atom is -0.466 e. The predicted molar refractivity (Wildman–Crippen MR) is 379 cm³/mol. The lowest BCUT2D eigenvalue weighted by molar-refractivity contribution is -0.385. The summed E-state index contributed by atoms with van der Waals surface area (Å²) in [6.07, 6.45) is 2.97. The van der Waals surface area contributed by atoms with Crippen LogP contribution in [0.5, 0.6) is 0 Å². The summed E-state index contributed by atoms with van der Waals surface area (Å²) in [6, 6.07) is 19.9. The number of rotatable bonds is 17. The van der Waals surface area contributed by atoms with Crippen LogP contribution in [0.1, 0.15) is 85.4 Å². The largest absolute Gasteiger partial charge is 0.466 e. The van der Waals surface area contributed by atoms with E-state index in [1.165, 1.54) is 30.3 Å². The van der Waals surface area contributed by atoms with Gasteiger partial charge in [0.2, 0.25) is 11.9 Å². The van der Waals surface area contributed by atoms with Crippen LogP contribution >= 0.6 is 139 Å². The molecule has 24 nitrogen and oxygen atoms in total. The van der Waals surface area contributed by atoms with Gasteiger partial charge in [0.1, 0.15) is 30.6 Å². The van der Waals surface area contributed by atoms with Crippen LogP contribution in [0, 0.1) is 47.1 Å². The Balaban J connectivity index is 0.000000249. The average molecular weight is 1580 g/mol. The normalized spacial score (nSPS) is 12.1. The van der Waals surface area contributed by atoms with Crippen LogP contribution in [-0.4, -0.2) is 93.1 Å². The van der Waals surface area contributed by atoms with Crippen molar-refractivity contribution >= 4 is 203 Å². The summed E-state index contributed by atoms with van der Waals surface area (Å²) in [7, 11) is 0. The molecule has 36 heteroatoms. The van der Waals surface area contributed by atoms with Crippen LogP contribution in [-0.2, 0) is 72.3 Å². The molecule has 0 spiro atoms. The van der Waals surface area contributed by atoms with Crippen molar-refractivity contribution in [2.24, 2.45) is 10.7 Å². The SMILES string of the molecule is CCOC(=O)CCCc1c(N)ccc(Cl)c1Cl.CCOC(=O)CCCc1c([N+](=O)[O-])ccc(Cl)c1Cl.CCOC(=O)CN1Cc2c(ccc(Cl)c2Cl)CC1=N.N#Cc1c([N+](=O)[O-])ccc(Cl)c1Cl.NCc1c([N+](=O)[O-])ccc(Cl)c1Cl.O=C1CN2Cc3c(ccc(Cl)c3Cl)N=C2N1. The molecule has 6 aromatic rings. The Bertz CT molecular complexity index is 4030. The zero-order valence-corrected chi connectivity index (χ0v) is 60.2. The molecular formula is C61H57Cl12N11O13. The summed E-state index contributed by atoms with van der Waals surface area (Å²) in [5, 5.41) is 54.9. The van der Waals surface area contributed by atoms with Gasteiger partial charge in [0.15, 0.2) is 0 Å². The Morgan fingerprint density at radius 3 is 1.54 bits per heavy atom. The van der Waals surface area contributed by atoms with Crippen molar-refractivity contribution in [1.29, 1.82) is 10.7 Å². The maximum atomic E-state index is 11.5. The molecule has 0 atom stereocenters. The molecule has 518 valence electrons. The summed E-state index contributed by atoms with van der Waals surface area (Å²) >= 11 is 70.5. The quantitative estimate of drug-likeness (QED) is 0.0217. The molecule has 0 saturated carbocycles. The van der Waals surface area contributed by atoms with Gasteiger partial charge in [-0.2, -0.15) is 5.26 Å². The first-order chi connectivity index (χ1) is 45.8. The van der Waals surface area contributed by atoms with E-state index in [2.05, 4.69) is 10.3 Å². The molecule has 9 rings (SSSR count). The highest BCUT2D eigenvalue weighted by atomic mass is 35.5. The average Bonchev–Trinajstić information content (AvgIpc) is 1.78. The van der Waals surface area contributed by atoms with Gasteiger partial charge in [0.25, 0.3) is 17.1 Å². The molecule has 0 radical (unpaired) electrons. The molecule has 6 aromatic carbocycles. The van der Waals surface area contributed by atoms with Gasteiger partial charge < -0.3 is 35.5 Å². The van der Waals surface area contributed by atoms with E-state index in [1.54, 1.807) is 62.1 Å². The van der Waals surface area contributed by atoms with E-state index >= 15 is 0 Å². The molecule has 3 aliphatic rings. The number of nitrogen functional groups attached to an aromatic ring is 1. The van der Waals surface area contributed by atoms with Crippen molar-refractivity contribution < 1.29 is 48.2 Å². The number of hydrogen-bond donors (Lipinski definition) is 4. The van der Waals surface area contributed by atoms with E-state index in [-0.39, 0.29) is 102 Å². The maximum Gasteiger partial charge on any atom is 0.325 e. The minimum absolute atomic E-state index is 0.00426. The second-order valence-corrected chi connectivity index (χ2v) is 24.5. The monoisotopic (exact) mass is 1570 g/mol. The summed E-state index contributed by atoms with van der Waals surface area (Å²) in [4.78, 5) is 82.9. The molecule has 1 amide bonds. The maximum absolute atomic E-state index is 11.5. The van der Waals surface area contributed by atoms with E-state index in [1.807, 2.05) is 11.0 Å². The number of amidine groups is 1. The first-order valence-corrected chi connectivity index (χ1v) is 32.9. The number of amides is 1. The fraction of sp³-hybridized carbons (Fsp3) is 0.295. The molecule has 0 aromatic heterocycles. The summed E-state index contributed by atoms with van der Waals surface area (Å²) in [5.74, 6) is 0.0602. The lowest BCUT2D eigenvalue weighted by Gasteiger charge is -2.31. The number of benzene rings is 6. The third kappa shape index (κ3) is 23.9. The molecule has 0 aliphatic carbocycles. The third-order valence-electron chi connectivity index (χ3n) is 13.4. The lowest BCUT2D eigenvalue weighted by Crippen LogP contribution is -2.39. The number of hydrogen-bond acceptors (Lipinski definition) is 19. The van der Waals surface area contributed by atoms with Crippen molar-refractivity contribution in [3.63, 3.8) is 0 Å². The molecule has 3 aliphatic heterocycles. The molecule has 0 bridgehead atoms. The van der Waals surface area contributed by atoms with Crippen molar-refractivity contribution in [3.05, 3.63) is 202 Å². The van der Waals surface area contributed by atoms with E-state index in [0.29, 0.717) is 131 Å². The van der Waals surface area contributed by atoms with Crippen molar-refractivity contribution in [2.45, 2.75) is 85.4 Å². The number of carbonyl (C=O) groups is 4. The Morgan fingerprint density at radius 1 is 0.588 bits per heavy atom. The number of guanidine groups is 1. The standard InChI is InChI=1S/C13H14Cl2N2O2.C12H13Cl2NO4.C12H15Cl2NO2.C10H7Cl2N3O.C7H6Cl2N2O2.C7H2Cl2N2O2/c1-2-19-12(18)7-17-6-9-8(5-11(17)16)3-4-10(14)13(9)15;1-2-19-11(16)5-3-4-8-10(15(17)18)7-6-9(13)12(8)14;1-2-17-11(16)5-3-4-8-10(15)7-6-9(13)12(8)14;11-6-1-2-7-5(9(6)12)3-15-4-8(16)14-10(15)13-7;2*8-5-1-2-6(11(12)13)4(3-10)7(5)9/h3-4,16H,2,5-7H2,1H3;6-7H,2-5H2,1H3;6-7H,2-5,15H2,1H3;1-2H,3-4H2,(H,13,14,16);1-2H,3,10H2;1-2H. The number of nitrogens with two attached hydrogens (primary N) is 2. The second-order valence-electron chi connectivity index (χ2n) is 19.8. The third-order valence-corrected chi connectivity index (χ3v) is 18.4. The number of aliphatic imine (C=N–C) groups is 1. The van der Waals surface area contributed by atoms with Gasteiger partial charge in [-0.05, 0) is 112 Å². The van der Waals surface area contributed by atoms with E-state index in [9.17, 15) is 49.5 Å². The zero-order chi connectivity index (χ0) is 72.5. The molecular weight excluding hydrogens is 1520 g/mol. The number of ether oxygens (including phenoxy) is 3. The van der Waals surface area contributed by atoms with Gasteiger partial charge in [0.05, 0.1) is 113 Å². The second kappa shape index (κ2) is 40.2. The molecule has 0 unspecified atom stereocenters. The minimum atomic E-state index is -0.680. The number of nitriles is 1. The summed E-state index contributed by atoms with van der Waals surface area (Å²) < 4.78 is 14.5. The van der Waals surface area contributed by atoms with Crippen molar-refractivity contribution in [2.75, 3.05) is 38.6 Å². The number of nitrogens with zero attached hydrogens (tertiary/aromatic N) is 7. The van der Waals surface area contributed by atoms with Crippen LogP contribution in [0.3, 0.4) is 0 Å². The van der Waals surface area contributed by atoms with E-state index < -0.39 is 14.8 Å². The van der Waals surface area contributed by atoms with Crippen molar-refractivity contribution in [3.8, 4) is 6.07 Å². The van der Waals surface area contributed by atoms with Crippen LogP contribution in [0.25, 0.3) is 0 Å². The highest BCUT2D eigenvalue weighted by molar-refractivity contribution is 6.45. The zero-order valence-electron chi connectivity index (χ0n) is 51.2. The number of fused-ring (bicyclic) bond motifs is 3. The number of anilines is 1. The number of nitro benzene ring substituents is 3. The van der Waals surface area contributed by atoms with Gasteiger partial charge in [-0.3, -0.25) is 60.2 Å². The topological polar surface area (TPSA) is 356 Å². The predicted octanol–water partition coefficient (Wildman–Crippen LogP) is 17.2.